The van der Waals surface area contributed by atoms with Crippen molar-refractivity contribution in [2.75, 3.05) is 24.6 Å². The first-order valence-corrected chi connectivity index (χ1v) is 10.1. The Hall–Kier alpha value is -1.43. The average Bonchev–Trinajstić information content (AvgIpc) is 3.17. The lowest BCUT2D eigenvalue weighted by Crippen LogP contribution is -2.70. The zero-order chi connectivity index (χ0) is 17.6. The Morgan fingerprint density at radius 1 is 1.27 bits per heavy atom. The fourth-order valence-corrected chi connectivity index (χ4v) is 7.61. The Labute approximate surface area is 153 Å². The van der Waals surface area contributed by atoms with Gasteiger partial charge in [0.15, 0.2) is 0 Å². The van der Waals surface area contributed by atoms with Crippen molar-refractivity contribution in [3.05, 3.63) is 29.8 Å². The van der Waals surface area contributed by atoms with Crippen LogP contribution in [0.3, 0.4) is 0 Å². The van der Waals surface area contributed by atoms with E-state index in [9.17, 15) is 15.0 Å². The molecule has 4 aliphatic heterocycles. The molecule has 26 heavy (non-hydrogen) atoms. The predicted molar refractivity (Wildman–Crippen MR) is 96.8 cm³/mol. The molecule has 0 aromatic heterocycles. The van der Waals surface area contributed by atoms with Gasteiger partial charge in [0.2, 0.25) is 5.91 Å². The number of fused-ring (bicyclic) bond motifs is 4. The summed E-state index contributed by atoms with van der Waals surface area (Å²) in [6.45, 7) is 2.31. The highest BCUT2D eigenvalue weighted by molar-refractivity contribution is 5.99. The minimum absolute atomic E-state index is 0.0149. The van der Waals surface area contributed by atoms with Gasteiger partial charge in [-0.15, -0.1) is 0 Å². The van der Waals surface area contributed by atoms with Crippen LogP contribution in [0.25, 0.3) is 0 Å². The number of para-hydroxylation sites is 1. The van der Waals surface area contributed by atoms with Gasteiger partial charge in [0.1, 0.15) is 0 Å². The zero-order valence-electron chi connectivity index (χ0n) is 14.9. The number of amides is 1. The maximum atomic E-state index is 13.0. The van der Waals surface area contributed by atoms with Gasteiger partial charge < -0.3 is 15.1 Å². The molecule has 2 bridgehead atoms. The van der Waals surface area contributed by atoms with E-state index >= 15 is 0 Å². The summed E-state index contributed by atoms with van der Waals surface area (Å²) in [7, 11) is 0. The standard InChI is InChI=1S/C21H26N2O3/c24-8-5-12-11-22-7-6-21-14-3-1-2-4-15(14)23-18(26)10-16(25)19(20(21)23)13(12)9-17(21)22/h1-4,12-13,16-17,19-20,24-25H,5-11H2/t12-,13+,16-,17+,19+,20+,21+/m1/s1. The Bertz CT molecular complexity index is 782. The van der Waals surface area contributed by atoms with Gasteiger partial charge in [-0.3, -0.25) is 9.69 Å². The van der Waals surface area contributed by atoms with Crippen molar-refractivity contribution in [3.8, 4) is 0 Å². The molecule has 7 atom stereocenters. The number of hydrogen-bond acceptors (Lipinski definition) is 4. The van der Waals surface area contributed by atoms with E-state index in [1.807, 2.05) is 6.07 Å². The van der Waals surface area contributed by atoms with Gasteiger partial charge in [-0.2, -0.15) is 0 Å². The summed E-state index contributed by atoms with van der Waals surface area (Å²) in [5.74, 6) is 1.04. The van der Waals surface area contributed by atoms with Crippen molar-refractivity contribution in [1.29, 1.82) is 0 Å². The van der Waals surface area contributed by atoms with Crippen LogP contribution in [0, 0.1) is 17.8 Å². The number of piperidine rings is 2. The van der Waals surface area contributed by atoms with Gasteiger partial charge in [-0.1, -0.05) is 18.2 Å². The minimum atomic E-state index is -0.547. The van der Waals surface area contributed by atoms with Crippen LogP contribution in [-0.4, -0.2) is 58.9 Å². The molecular weight excluding hydrogens is 328 g/mol. The predicted octanol–water partition coefficient (Wildman–Crippen LogP) is 1.13. The normalized spacial score (nSPS) is 45.6. The van der Waals surface area contributed by atoms with Crippen molar-refractivity contribution in [1.82, 2.24) is 4.90 Å². The number of hydrogen-bond donors (Lipinski definition) is 2. The van der Waals surface area contributed by atoms with E-state index in [2.05, 4.69) is 28.0 Å². The van der Waals surface area contributed by atoms with E-state index in [0.29, 0.717) is 17.9 Å². The molecule has 5 nitrogen and oxygen atoms in total. The molecule has 2 N–H and O–H groups in total. The first kappa shape index (κ1) is 15.6. The van der Waals surface area contributed by atoms with Crippen molar-refractivity contribution in [3.63, 3.8) is 0 Å². The van der Waals surface area contributed by atoms with Crippen molar-refractivity contribution < 1.29 is 15.0 Å². The van der Waals surface area contributed by atoms with Crippen molar-refractivity contribution in [2.24, 2.45) is 17.8 Å². The first-order chi connectivity index (χ1) is 12.7. The quantitative estimate of drug-likeness (QED) is 0.836. The van der Waals surface area contributed by atoms with Crippen LogP contribution in [0.5, 0.6) is 0 Å². The molecule has 4 heterocycles. The SMILES string of the molecule is O=C1C[C@@H](O)[C@@H]2[C@H]3C[C@@H]4N(CC[C@]45c4ccccc4N1[C@@H]25)C[C@H]3CCO. The summed E-state index contributed by atoms with van der Waals surface area (Å²) < 4.78 is 0. The van der Waals surface area contributed by atoms with E-state index in [4.69, 9.17) is 0 Å². The van der Waals surface area contributed by atoms with Crippen LogP contribution in [-0.2, 0) is 10.2 Å². The number of carbonyl (C=O) groups is 1. The van der Waals surface area contributed by atoms with Gasteiger partial charge in [0.25, 0.3) is 0 Å². The Balaban J connectivity index is 1.58. The third kappa shape index (κ3) is 1.62. The number of carbonyl (C=O) groups excluding carboxylic acids is 1. The highest BCUT2D eigenvalue weighted by atomic mass is 16.3. The smallest absolute Gasteiger partial charge is 0.229 e. The monoisotopic (exact) mass is 354 g/mol. The van der Waals surface area contributed by atoms with Gasteiger partial charge in [0, 0.05) is 36.2 Å². The summed E-state index contributed by atoms with van der Waals surface area (Å²) in [6.07, 6.45) is 2.67. The third-order valence-electron chi connectivity index (χ3n) is 8.34. The molecule has 1 amide bonds. The van der Waals surface area contributed by atoms with Crippen LogP contribution in [0.2, 0.25) is 0 Å². The average molecular weight is 354 g/mol. The Kier molecular flexibility index (Phi) is 3.06. The second-order valence-electron chi connectivity index (χ2n) is 9.05. The molecule has 1 aliphatic carbocycles. The Morgan fingerprint density at radius 2 is 2.12 bits per heavy atom. The molecule has 5 aliphatic rings. The minimum Gasteiger partial charge on any atom is -0.396 e. The van der Waals surface area contributed by atoms with Crippen molar-refractivity contribution in [2.45, 2.75) is 49.3 Å². The number of rotatable bonds is 2. The summed E-state index contributed by atoms with van der Waals surface area (Å²) in [5.41, 5.74) is 2.41. The zero-order valence-corrected chi connectivity index (χ0v) is 14.9. The molecule has 138 valence electrons. The first-order valence-electron chi connectivity index (χ1n) is 10.1. The van der Waals surface area contributed by atoms with Crippen molar-refractivity contribution >= 4 is 11.6 Å². The topological polar surface area (TPSA) is 64.0 Å². The largest absolute Gasteiger partial charge is 0.396 e. The van der Waals surface area contributed by atoms with E-state index in [1.165, 1.54) is 5.56 Å². The maximum Gasteiger partial charge on any atom is 0.229 e. The summed E-state index contributed by atoms with van der Waals surface area (Å²) in [4.78, 5) is 17.7. The van der Waals surface area contributed by atoms with E-state index in [1.54, 1.807) is 0 Å². The van der Waals surface area contributed by atoms with E-state index < -0.39 is 6.10 Å². The van der Waals surface area contributed by atoms with Gasteiger partial charge >= 0.3 is 0 Å². The van der Waals surface area contributed by atoms with Gasteiger partial charge in [-0.25, -0.2) is 0 Å². The number of aliphatic hydroxyl groups excluding tert-OH is 2. The lowest BCUT2D eigenvalue weighted by atomic mass is 9.52. The third-order valence-corrected chi connectivity index (χ3v) is 8.34. The Morgan fingerprint density at radius 3 is 2.96 bits per heavy atom. The number of nitrogens with zero attached hydrogens (tertiary/aromatic N) is 2. The fraction of sp³-hybridized carbons (Fsp3) is 0.667. The molecule has 1 aromatic carbocycles. The number of benzene rings is 1. The molecule has 1 saturated carbocycles. The van der Waals surface area contributed by atoms with E-state index in [-0.39, 0.29) is 36.3 Å². The molecule has 1 aromatic rings. The number of anilines is 1. The molecule has 1 spiro atoms. The summed E-state index contributed by atoms with van der Waals surface area (Å²) in [5, 5.41) is 20.6. The van der Waals surface area contributed by atoms with Gasteiger partial charge in [0.05, 0.1) is 18.6 Å². The fourth-order valence-electron chi connectivity index (χ4n) is 7.61. The summed E-state index contributed by atoms with van der Waals surface area (Å²) >= 11 is 0. The second kappa shape index (κ2) is 5.09. The molecule has 0 unspecified atom stereocenters. The van der Waals surface area contributed by atoms with E-state index in [0.717, 1.165) is 38.0 Å². The molecule has 0 radical (unpaired) electrons. The number of aliphatic hydroxyl groups is 2. The maximum absolute atomic E-state index is 13.0. The van der Waals surface area contributed by atoms with Crippen LogP contribution in [0.15, 0.2) is 24.3 Å². The van der Waals surface area contributed by atoms with Crippen LogP contribution in [0.4, 0.5) is 5.69 Å². The van der Waals surface area contributed by atoms with Crippen LogP contribution >= 0.6 is 0 Å². The highest BCUT2D eigenvalue weighted by Crippen LogP contribution is 2.65. The molecule has 4 fully saturated rings. The van der Waals surface area contributed by atoms with Crippen LogP contribution < -0.4 is 4.90 Å². The summed E-state index contributed by atoms with van der Waals surface area (Å²) in [6, 6.07) is 9.03. The molecule has 5 heteroatoms. The highest BCUT2D eigenvalue weighted by Gasteiger charge is 2.70. The molecular formula is C21H26N2O3. The van der Waals surface area contributed by atoms with Gasteiger partial charge in [-0.05, 0) is 49.3 Å². The lowest BCUT2D eigenvalue weighted by molar-refractivity contribution is -0.135. The molecule has 3 saturated heterocycles. The second-order valence-corrected chi connectivity index (χ2v) is 9.05. The lowest BCUT2D eigenvalue weighted by Gasteiger charge is -2.60. The molecule has 6 rings (SSSR count). The van der Waals surface area contributed by atoms with Crippen LogP contribution in [0.1, 0.15) is 31.2 Å².